The van der Waals surface area contributed by atoms with Gasteiger partial charge < -0.3 is 14.2 Å². The van der Waals surface area contributed by atoms with Crippen LogP contribution < -0.4 is 0 Å². The molecule has 0 spiro atoms. The minimum Gasteiger partial charge on any atom is -0.462 e. The molecule has 0 radical (unpaired) electrons. The van der Waals surface area contributed by atoms with E-state index < -0.39 is 6.10 Å². The van der Waals surface area contributed by atoms with Gasteiger partial charge in [0.05, 0.1) is 0 Å². The molecule has 0 amide bonds. The number of carbonyl (C=O) groups is 3. The van der Waals surface area contributed by atoms with Crippen LogP contribution in [0.1, 0.15) is 233 Å². The Morgan fingerprint density at radius 2 is 0.574 bits per heavy atom. The van der Waals surface area contributed by atoms with Crippen LogP contribution in [0.4, 0.5) is 0 Å². The highest BCUT2D eigenvalue weighted by molar-refractivity contribution is 5.71. The molecule has 0 N–H and O–H groups in total. The number of hydrogen-bond acceptors (Lipinski definition) is 6. The summed E-state index contributed by atoms with van der Waals surface area (Å²) in [4.78, 5) is 37.8. The Bertz CT molecular complexity index is 1450. The van der Waals surface area contributed by atoms with Crippen LogP contribution in [0.5, 0.6) is 0 Å². The number of unbranched alkanes of at least 4 members (excludes halogenated alkanes) is 17. The predicted molar refractivity (Wildman–Crippen MR) is 293 cm³/mol. The SMILES string of the molecule is CC/C=C\C/C=C\C/C=C\C/C=C\C/C=C\C/C=C\C/C=C\CCCCCC(=O)OCC(COC(=O)CCCCCCCC)OC(=O)CCCCCCCC/C=C\C/C=C\C/C=C\CCCCC. The second kappa shape index (κ2) is 55.4. The quantitative estimate of drug-likeness (QED) is 0.0262. The maximum Gasteiger partial charge on any atom is 0.306 e. The highest BCUT2D eigenvalue weighted by Crippen LogP contribution is 2.13. The van der Waals surface area contributed by atoms with Crippen molar-refractivity contribution in [3.05, 3.63) is 122 Å². The summed E-state index contributed by atoms with van der Waals surface area (Å²) in [7, 11) is 0. The summed E-state index contributed by atoms with van der Waals surface area (Å²) in [5.41, 5.74) is 0. The zero-order valence-electron chi connectivity index (χ0n) is 43.8. The van der Waals surface area contributed by atoms with Gasteiger partial charge in [0.2, 0.25) is 0 Å². The van der Waals surface area contributed by atoms with Gasteiger partial charge in [0.1, 0.15) is 13.2 Å². The van der Waals surface area contributed by atoms with Crippen molar-refractivity contribution in [2.24, 2.45) is 0 Å². The predicted octanol–water partition coefficient (Wildman–Crippen LogP) is 18.5. The molecular weight excluding hydrogens is 841 g/mol. The summed E-state index contributed by atoms with van der Waals surface area (Å²) in [6.07, 6.45) is 76.4. The van der Waals surface area contributed by atoms with Crippen LogP contribution in [0.2, 0.25) is 0 Å². The van der Waals surface area contributed by atoms with Gasteiger partial charge in [-0.2, -0.15) is 0 Å². The lowest BCUT2D eigenvalue weighted by molar-refractivity contribution is -0.167. The van der Waals surface area contributed by atoms with Crippen LogP contribution in [0.15, 0.2) is 122 Å². The molecule has 0 aromatic carbocycles. The van der Waals surface area contributed by atoms with E-state index in [9.17, 15) is 14.4 Å². The topological polar surface area (TPSA) is 78.9 Å². The number of carbonyl (C=O) groups excluding carboxylic acids is 3. The average molecular weight is 941 g/mol. The molecule has 0 bridgehead atoms. The maximum atomic E-state index is 12.8. The van der Waals surface area contributed by atoms with Crippen molar-refractivity contribution in [3.63, 3.8) is 0 Å². The first-order valence-corrected chi connectivity index (χ1v) is 27.5. The molecule has 0 aliphatic carbocycles. The fourth-order valence-corrected chi connectivity index (χ4v) is 7.07. The van der Waals surface area contributed by atoms with Crippen LogP contribution in [0, 0.1) is 0 Å². The Kier molecular flexibility index (Phi) is 52.0. The molecule has 0 rings (SSSR count). The normalized spacial score (nSPS) is 13.0. The summed E-state index contributed by atoms with van der Waals surface area (Å²) in [5.74, 6) is -0.960. The molecule has 0 aliphatic rings. The van der Waals surface area contributed by atoms with E-state index in [-0.39, 0.29) is 31.1 Å². The first kappa shape index (κ1) is 63.8. The van der Waals surface area contributed by atoms with E-state index in [0.29, 0.717) is 19.3 Å². The van der Waals surface area contributed by atoms with Gasteiger partial charge in [-0.1, -0.05) is 219 Å². The molecule has 0 heterocycles. The lowest BCUT2D eigenvalue weighted by Crippen LogP contribution is -2.30. The average Bonchev–Trinajstić information content (AvgIpc) is 3.34. The van der Waals surface area contributed by atoms with Crippen molar-refractivity contribution < 1.29 is 28.6 Å². The van der Waals surface area contributed by atoms with Crippen molar-refractivity contribution >= 4 is 17.9 Å². The summed E-state index contributed by atoms with van der Waals surface area (Å²) in [6.45, 7) is 6.38. The first-order chi connectivity index (χ1) is 33.5. The smallest absolute Gasteiger partial charge is 0.306 e. The van der Waals surface area contributed by atoms with Crippen molar-refractivity contribution in [1.82, 2.24) is 0 Å². The summed E-state index contributed by atoms with van der Waals surface area (Å²) < 4.78 is 16.7. The van der Waals surface area contributed by atoms with Crippen molar-refractivity contribution in [2.75, 3.05) is 13.2 Å². The monoisotopic (exact) mass is 941 g/mol. The highest BCUT2D eigenvalue weighted by Gasteiger charge is 2.19. The molecule has 0 saturated carbocycles. The summed E-state index contributed by atoms with van der Waals surface area (Å²) >= 11 is 0. The third-order valence-corrected chi connectivity index (χ3v) is 11.2. The van der Waals surface area contributed by atoms with Gasteiger partial charge in [-0.25, -0.2) is 0 Å². The number of ether oxygens (including phenoxy) is 3. The fraction of sp³-hybridized carbons (Fsp3) is 0.629. The Labute approximate surface area is 418 Å². The van der Waals surface area contributed by atoms with Crippen LogP contribution in [0.3, 0.4) is 0 Å². The molecule has 6 heteroatoms. The van der Waals surface area contributed by atoms with E-state index in [1.807, 2.05) is 0 Å². The minimum absolute atomic E-state index is 0.0974. The van der Waals surface area contributed by atoms with Crippen LogP contribution in [-0.2, 0) is 28.6 Å². The third-order valence-electron chi connectivity index (χ3n) is 11.2. The number of hydrogen-bond donors (Lipinski definition) is 0. The molecule has 6 nitrogen and oxygen atoms in total. The van der Waals surface area contributed by atoms with Gasteiger partial charge in [-0.3, -0.25) is 14.4 Å². The molecular formula is C62H100O6. The lowest BCUT2D eigenvalue weighted by Gasteiger charge is -2.18. The molecule has 0 aromatic heterocycles. The molecule has 0 fully saturated rings. The molecule has 1 atom stereocenters. The molecule has 0 saturated heterocycles. The maximum absolute atomic E-state index is 12.8. The zero-order chi connectivity index (χ0) is 49.3. The lowest BCUT2D eigenvalue weighted by atomic mass is 10.1. The van der Waals surface area contributed by atoms with Crippen molar-refractivity contribution in [3.8, 4) is 0 Å². The number of rotatable bonds is 48. The second-order valence-electron chi connectivity index (χ2n) is 17.8. The highest BCUT2D eigenvalue weighted by atomic mass is 16.6. The zero-order valence-corrected chi connectivity index (χ0v) is 43.8. The van der Waals surface area contributed by atoms with E-state index in [1.54, 1.807) is 0 Å². The van der Waals surface area contributed by atoms with Gasteiger partial charge in [0.25, 0.3) is 0 Å². The van der Waals surface area contributed by atoms with Crippen molar-refractivity contribution in [2.45, 2.75) is 239 Å². The van der Waals surface area contributed by atoms with E-state index in [2.05, 4.69) is 142 Å². The van der Waals surface area contributed by atoms with Gasteiger partial charge in [0.15, 0.2) is 6.10 Å². The van der Waals surface area contributed by atoms with E-state index in [0.717, 1.165) is 135 Å². The number of esters is 3. The van der Waals surface area contributed by atoms with E-state index in [1.165, 1.54) is 57.8 Å². The molecule has 68 heavy (non-hydrogen) atoms. The number of allylic oxidation sites excluding steroid dienone is 20. The summed E-state index contributed by atoms with van der Waals surface area (Å²) in [6, 6.07) is 0. The van der Waals surface area contributed by atoms with Gasteiger partial charge in [-0.05, 0) is 116 Å². The summed E-state index contributed by atoms with van der Waals surface area (Å²) in [5, 5.41) is 0. The molecule has 384 valence electrons. The Hall–Kier alpha value is -4.19. The van der Waals surface area contributed by atoms with Gasteiger partial charge >= 0.3 is 17.9 Å². The molecule has 0 aliphatic heterocycles. The standard InChI is InChI=1S/C62H100O6/c1-4-7-10-13-16-18-20-22-24-26-28-29-30-31-32-33-35-36-38-40-42-44-46-49-52-55-61(64)67-58-59(57-66-60(63)54-51-48-15-12-9-6-3)68-62(65)56-53-50-47-45-43-41-39-37-34-27-25-23-21-19-17-14-11-8-5-2/h7,10,16-19,22-25,28-29,31-32,34-37,40,42,59H,4-6,8-9,11-15,20-21,26-27,30,33,38-39,41,43-58H2,1-3H3/b10-7-,18-16-,19-17-,24-22-,25-23-,29-28-,32-31-,36-35-,37-34-,42-40-. The second-order valence-corrected chi connectivity index (χ2v) is 17.8. The first-order valence-electron chi connectivity index (χ1n) is 27.5. The van der Waals surface area contributed by atoms with Gasteiger partial charge in [-0.15, -0.1) is 0 Å². The van der Waals surface area contributed by atoms with Crippen LogP contribution in [-0.4, -0.2) is 37.2 Å². The van der Waals surface area contributed by atoms with E-state index in [4.69, 9.17) is 14.2 Å². The Morgan fingerprint density at radius 1 is 0.309 bits per heavy atom. The van der Waals surface area contributed by atoms with Crippen LogP contribution >= 0.6 is 0 Å². The largest absolute Gasteiger partial charge is 0.462 e. The van der Waals surface area contributed by atoms with Gasteiger partial charge in [0, 0.05) is 19.3 Å². The minimum atomic E-state index is -0.799. The third kappa shape index (κ3) is 52.8. The Balaban J connectivity index is 4.30. The van der Waals surface area contributed by atoms with Crippen molar-refractivity contribution in [1.29, 1.82) is 0 Å². The molecule has 1 unspecified atom stereocenters. The van der Waals surface area contributed by atoms with E-state index >= 15 is 0 Å². The molecule has 0 aromatic rings. The fourth-order valence-electron chi connectivity index (χ4n) is 7.07. The van der Waals surface area contributed by atoms with Crippen LogP contribution in [0.25, 0.3) is 0 Å². The Morgan fingerprint density at radius 3 is 0.941 bits per heavy atom.